The fourth-order valence-electron chi connectivity index (χ4n) is 2.49. The molecule has 1 unspecified atom stereocenters. The molecule has 0 aliphatic carbocycles. The molecule has 1 aromatic carbocycles. The van der Waals surface area contributed by atoms with Gasteiger partial charge in [-0.05, 0) is 37.5 Å². The molecule has 0 saturated carbocycles. The van der Waals surface area contributed by atoms with Crippen molar-refractivity contribution < 1.29 is 9.59 Å². The third-order valence-electron chi connectivity index (χ3n) is 3.73. The van der Waals surface area contributed by atoms with Gasteiger partial charge in [0.1, 0.15) is 0 Å². The predicted octanol–water partition coefficient (Wildman–Crippen LogP) is 3.85. The maximum absolute atomic E-state index is 12.6. The number of nitrogens with two attached hydrogens (primary N) is 1. The second kappa shape index (κ2) is 10.00. The topological polar surface area (TPSA) is 84.2 Å². The molecule has 0 heterocycles. The minimum atomic E-state index is -0.508. The Bertz CT molecular complexity index is 606. The smallest absolute Gasteiger partial charge is 0.253 e. The quantitative estimate of drug-likeness (QED) is 0.661. The molecule has 0 fully saturated rings. The Morgan fingerprint density at radius 3 is 2.32 bits per heavy atom. The van der Waals surface area contributed by atoms with Crippen LogP contribution in [0.25, 0.3) is 0 Å². The predicted molar refractivity (Wildman–Crippen MR) is 107 cm³/mol. The van der Waals surface area contributed by atoms with Crippen molar-refractivity contribution in [2.24, 2.45) is 17.6 Å². The van der Waals surface area contributed by atoms with E-state index >= 15 is 0 Å². The van der Waals surface area contributed by atoms with Gasteiger partial charge in [-0.3, -0.25) is 9.59 Å². The standard InChI is InChI=1S/C18H28ClN3O2.ClH/c1-11(2)9-18(5,10-20)22-17(24)14-8-13(6-7-15(14)19)21-16(23)12(3)4;/h6-8,11-12H,9-10,20H2,1-5H3,(H,21,23)(H,22,24);1H. The molecular formula is C18H29Cl2N3O2. The van der Waals surface area contributed by atoms with Crippen molar-refractivity contribution >= 4 is 41.5 Å². The first-order valence-electron chi connectivity index (χ1n) is 8.21. The minimum absolute atomic E-state index is 0. The highest BCUT2D eigenvalue weighted by atomic mass is 35.5. The molecule has 1 atom stereocenters. The summed E-state index contributed by atoms with van der Waals surface area (Å²) in [5.41, 5.74) is 6.20. The van der Waals surface area contributed by atoms with Gasteiger partial charge in [-0.2, -0.15) is 0 Å². The summed E-state index contributed by atoms with van der Waals surface area (Å²) in [4.78, 5) is 24.4. The Morgan fingerprint density at radius 1 is 1.24 bits per heavy atom. The monoisotopic (exact) mass is 389 g/mol. The number of nitrogens with one attached hydrogen (secondary N) is 2. The number of carbonyl (C=O) groups excluding carboxylic acids is 2. The van der Waals surface area contributed by atoms with Gasteiger partial charge in [0.25, 0.3) is 5.91 Å². The summed E-state index contributed by atoms with van der Waals surface area (Å²) in [5.74, 6) is -0.167. The Morgan fingerprint density at radius 2 is 1.84 bits per heavy atom. The number of rotatable bonds is 7. The van der Waals surface area contributed by atoms with Gasteiger partial charge < -0.3 is 16.4 Å². The molecular weight excluding hydrogens is 361 g/mol. The van der Waals surface area contributed by atoms with Crippen molar-refractivity contribution in [3.63, 3.8) is 0 Å². The number of hydrogen-bond donors (Lipinski definition) is 3. The first-order chi connectivity index (χ1) is 11.1. The summed E-state index contributed by atoms with van der Waals surface area (Å²) in [6.07, 6.45) is 0.761. The van der Waals surface area contributed by atoms with Crippen LogP contribution in [0.2, 0.25) is 5.02 Å². The third-order valence-corrected chi connectivity index (χ3v) is 4.06. The van der Waals surface area contributed by atoms with Crippen molar-refractivity contribution in [2.75, 3.05) is 11.9 Å². The lowest BCUT2D eigenvalue weighted by Gasteiger charge is -2.31. The first kappa shape index (κ1) is 23.7. The van der Waals surface area contributed by atoms with Crippen LogP contribution in [0.5, 0.6) is 0 Å². The lowest BCUT2D eigenvalue weighted by Crippen LogP contribution is -2.52. The second-order valence-corrected chi connectivity index (χ2v) is 7.56. The van der Waals surface area contributed by atoms with Crippen LogP contribution in [0, 0.1) is 11.8 Å². The zero-order valence-electron chi connectivity index (χ0n) is 15.5. The third kappa shape index (κ3) is 7.22. The molecule has 25 heavy (non-hydrogen) atoms. The number of amides is 2. The van der Waals surface area contributed by atoms with Gasteiger partial charge in [-0.25, -0.2) is 0 Å². The van der Waals surface area contributed by atoms with E-state index in [9.17, 15) is 9.59 Å². The lowest BCUT2D eigenvalue weighted by molar-refractivity contribution is -0.118. The zero-order valence-corrected chi connectivity index (χ0v) is 17.1. The molecule has 5 nitrogen and oxygen atoms in total. The molecule has 142 valence electrons. The van der Waals surface area contributed by atoms with Crippen molar-refractivity contribution in [1.29, 1.82) is 0 Å². The van der Waals surface area contributed by atoms with Crippen LogP contribution in [0.4, 0.5) is 5.69 Å². The number of halogens is 2. The van der Waals surface area contributed by atoms with E-state index in [-0.39, 0.29) is 30.1 Å². The average Bonchev–Trinajstić information content (AvgIpc) is 2.47. The van der Waals surface area contributed by atoms with Crippen LogP contribution in [-0.2, 0) is 4.79 Å². The normalized spacial score (nSPS) is 13.2. The second-order valence-electron chi connectivity index (χ2n) is 7.16. The van der Waals surface area contributed by atoms with Gasteiger partial charge in [-0.15, -0.1) is 12.4 Å². The van der Waals surface area contributed by atoms with E-state index in [0.717, 1.165) is 6.42 Å². The molecule has 2 amide bonds. The highest BCUT2D eigenvalue weighted by Gasteiger charge is 2.27. The molecule has 0 aliphatic heterocycles. The fourth-order valence-corrected chi connectivity index (χ4v) is 2.69. The minimum Gasteiger partial charge on any atom is -0.346 e. The maximum Gasteiger partial charge on any atom is 0.253 e. The Hall–Kier alpha value is -1.30. The summed E-state index contributed by atoms with van der Waals surface area (Å²) in [7, 11) is 0. The van der Waals surface area contributed by atoms with E-state index in [0.29, 0.717) is 28.7 Å². The van der Waals surface area contributed by atoms with Gasteiger partial charge in [0.05, 0.1) is 10.6 Å². The highest BCUT2D eigenvalue weighted by Crippen LogP contribution is 2.23. The van der Waals surface area contributed by atoms with E-state index in [2.05, 4.69) is 24.5 Å². The molecule has 0 radical (unpaired) electrons. The molecule has 4 N–H and O–H groups in total. The molecule has 0 aliphatic rings. The average molecular weight is 390 g/mol. The van der Waals surface area contributed by atoms with Crippen LogP contribution >= 0.6 is 24.0 Å². The Kier molecular flexibility index (Phi) is 9.48. The number of anilines is 1. The van der Waals surface area contributed by atoms with E-state index in [1.165, 1.54) is 0 Å². The van der Waals surface area contributed by atoms with Crippen molar-refractivity contribution in [3.8, 4) is 0 Å². The number of hydrogen-bond acceptors (Lipinski definition) is 3. The molecule has 1 aromatic rings. The summed E-state index contributed by atoms with van der Waals surface area (Å²) in [6.45, 7) is 10.0. The molecule has 0 bridgehead atoms. The van der Waals surface area contributed by atoms with Gasteiger partial charge >= 0.3 is 0 Å². The van der Waals surface area contributed by atoms with Gasteiger partial charge in [0.15, 0.2) is 0 Å². The number of benzene rings is 1. The summed E-state index contributed by atoms with van der Waals surface area (Å²) >= 11 is 6.16. The van der Waals surface area contributed by atoms with Crippen LogP contribution in [0.3, 0.4) is 0 Å². The first-order valence-corrected chi connectivity index (χ1v) is 8.58. The zero-order chi connectivity index (χ0) is 18.5. The highest BCUT2D eigenvalue weighted by molar-refractivity contribution is 6.34. The summed E-state index contributed by atoms with van der Waals surface area (Å²) < 4.78 is 0. The van der Waals surface area contributed by atoms with Crippen molar-refractivity contribution in [3.05, 3.63) is 28.8 Å². The van der Waals surface area contributed by atoms with Gasteiger partial charge in [-0.1, -0.05) is 39.3 Å². The Balaban J connectivity index is 0.00000576. The van der Waals surface area contributed by atoms with Crippen LogP contribution < -0.4 is 16.4 Å². The van der Waals surface area contributed by atoms with Crippen LogP contribution in [0.15, 0.2) is 18.2 Å². The molecule has 0 saturated heterocycles. The molecule has 0 aromatic heterocycles. The van der Waals surface area contributed by atoms with Crippen molar-refractivity contribution in [2.45, 2.75) is 46.6 Å². The van der Waals surface area contributed by atoms with Crippen molar-refractivity contribution in [1.82, 2.24) is 5.32 Å². The Labute approximate surface area is 161 Å². The molecule has 1 rings (SSSR count). The largest absolute Gasteiger partial charge is 0.346 e. The van der Waals surface area contributed by atoms with Gasteiger partial charge in [0.2, 0.25) is 5.91 Å². The SMILES string of the molecule is CC(C)CC(C)(CN)NC(=O)c1cc(NC(=O)C(C)C)ccc1Cl.Cl. The van der Waals surface area contributed by atoms with E-state index in [1.807, 2.05) is 6.92 Å². The van der Waals surface area contributed by atoms with Crippen LogP contribution in [0.1, 0.15) is 51.4 Å². The van der Waals surface area contributed by atoms with Crippen LogP contribution in [-0.4, -0.2) is 23.9 Å². The van der Waals surface area contributed by atoms with Gasteiger partial charge in [0, 0.05) is 23.7 Å². The maximum atomic E-state index is 12.6. The van der Waals surface area contributed by atoms with E-state index in [4.69, 9.17) is 17.3 Å². The molecule has 7 heteroatoms. The molecule has 0 spiro atoms. The summed E-state index contributed by atoms with van der Waals surface area (Å²) in [6, 6.07) is 4.87. The van der Waals surface area contributed by atoms with E-state index in [1.54, 1.807) is 32.0 Å². The van der Waals surface area contributed by atoms with E-state index < -0.39 is 5.54 Å². The number of carbonyl (C=O) groups is 2. The lowest BCUT2D eigenvalue weighted by atomic mass is 9.90. The summed E-state index contributed by atoms with van der Waals surface area (Å²) in [5, 5.41) is 6.08. The fraction of sp³-hybridized carbons (Fsp3) is 0.556.